The minimum absolute atomic E-state index is 0.351. The predicted molar refractivity (Wildman–Crippen MR) is 141 cm³/mol. The molecule has 2 aromatic heterocycles. The third-order valence-electron chi connectivity index (χ3n) is 6.30. The minimum atomic E-state index is -0.537. The molecule has 4 heterocycles. The fourth-order valence-corrected chi connectivity index (χ4v) is 6.65. The number of thiazole rings is 1. The van der Waals surface area contributed by atoms with E-state index in [1.54, 1.807) is 11.8 Å². The molecule has 3 unspecified atom stereocenters. The zero-order valence-corrected chi connectivity index (χ0v) is 22.1. The molecule has 0 aliphatic carbocycles. The lowest BCUT2D eigenvalue weighted by Crippen LogP contribution is -2.59. The maximum Gasteiger partial charge on any atom is 0.184 e. The van der Waals surface area contributed by atoms with Crippen LogP contribution in [0.4, 0.5) is 5.13 Å². The Bertz CT molecular complexity index is 1360. The molecule has 6 rings (SSSR count). The Hall–Kier alpha value is -2.51. The van der Waals surface area contributed by atoms with Crippen molar-refractivity contribution in [1.82, 2.24) is 20.0 Å². The van der Waals surface area contributed by atoms with E-state index in [4.69, 9.17) is 36.3 Å². The number of ether oxygens (including phenoxy) is 4. The van der Waals surface area contributed by atoms with Gasteiger partial charge in [0.25, 0.3) is 0 Å². The third-order valence-corrected chi connectivity index (χ3v) is 8.35. The van der Waals surface area contributed by atoms with Crippen LogP contribution in [0.15, 0.2) is 71.1 Å². The summed E-state index contributed by atoms with van der Waals surface area (Å²) in [6, 6.07) is 17.1. The van der Waals surface area contributed by atoms with Crippen molar-refractivity contribution in [1.29, 1.82) is 0 Å². The first kappa shape index (κ1) is 24.8. The highest BCUT2D eigenvalue weighted by Crippen LogP contribution is 2.44. The molecule has 2 N–H and O–H groups in total. The monoisotopic (exact) mass is 557 g/mol. The van der Waals surface area contributed by atoms with Crippen molar-refractivity contribution in [3.05, 3.63) is 76.8 Å². The molecular weight excluding hydrogens is 534 g/mol. The molecule has 37 heavy (non-hydrogen) atoms. The van der Waals surface area contributed by atoms with Crippen LogP contribution in [0.5, 0.6) is 0 Å². The molecule has 12 heteroatoms. The normalized spacial score (nSPS) is 27.6. The van der Waals surface area contributed by atoms with E-state index in [0.29, 0.717) is 28.1 Å². The van der Waals surface area contributed by atoms with Gasteiger partial charge in [-0.15, -0.1) is 16.4 Å². The number of hydrogen-bond acceptors (Lipinski definition) is 10. The van der Waals surface area contributed by atoms with Crippen molar-refractivity contribution >= 4 is 39.8 Å². The summed E-state index contributed by atoms with van der Waals surface area (Å²) in [5, 5.41) is 11.8. The average molecular weight is 558 g/mol. The minimum Gasteiger partial charge on any atom is -0.375 e. The number of methoxy groups -OCH3 is 1. The number of halogens is 1. The SMILES string of the molecule is CO[C@H]1C(n2cc(-c3csc(N)n3)nn2)[C@H]2OC(c3ccccc3)OCC2O[C@@H]1Sc1cccc(Cl)c1. The van der Waals surface area contributed by atoms with Crippen LogP contribution in [-0.4, -0.2) is 57.4 Å². The molecule has 2 saturated heterocycles. The number of fused-ring (bicyclic) bond motifs is 1. The van der Waals surface area contributed by atoms with Crippen molar-refractivity contribution in [2.75, 3.05) is 19.5 Å². The quantitative estimate of drug-likeness (QED) is 0.357. The maximum atomic E-state index is 6.53. The predicted octanol–water partition coefficient (Wildman–Crippen LogP) is 4.82. The Kier molecular flexibility index (Phi) is 7.17. The van der Waals surface area contributed by atoms with Crippen LogP contribution in [0.25, 0.3) is 11.4 Å². The number of thioether (sulfide) groups is 1. The fraction of sp³-hybridized carbons (Fsp3) is 0.320. The van der Waals surface area contributed by atoms with E-state index in [9.17, 15) is 0 Å². The third kappa shape index (κ3) is 5.13. The standard InChI is InChI=1S/C25H24ClN5O4S2/c1-32-22-20(31-11-17(29-30-31)18-13-36-25(27)28-18)21-19(12-33-23(35-21)14-6-3-2-4-7-14)34-24(22)37-16-9-5-8-15(26)10-16/h2-11,13,19-24H,12H2,1H3,(H2,27,28)/t19?,20?,21-,22-,23?,24+/m0/s1. The molecule has 2 aliphatic rings. The van der Waals surface area contributed by atoms with Crippen molar-refractivity contribution in [2.45, 2.75) is 41.0 Å². The summed E-state index contributed by atoms with van der Waals surface area (Å²) in [6.45, 7) is 0.355. The number of nitrogens with two attached hydrogens (primary N) is 1. The van der Waals surface area contributed by atoms with Crippen LogP contribution >= 0.6 is 34.7 Å². The molecule has 0 radical (unpaired) electrons. The molecule has 2 fully saturated rings. The van der Waals surface area contributed by atoms with Crippen LogP contribution < -0.4 is 5.73 Å². The summed E-state index contributed by atoms with van der Waals surface area (Å²) in [5.41, 5.74) is 7.69. The van der Waals surface area contributed by atoms with Crippen molar-refractivity contribution in [3.8, 4) is 11.4 Å². The summed E-state index contributed by atoms with van der Waals surface area (Å²) in [5.74, 6) is 0. The highest BCUT2D eigenvalue weighted by atomic mass is 35.5. The molecule has 2 aliphatic heterocycles. The van der Waals surface area contributed by atoms with Gasteiger partial charge in [0.05, 0.1) is 12.8 Å². The van der Waals surface area contributed by atoms with E-state index in [1.807, 2.05) is 66.2 Å². The van der Waals surface area contributed by atoms with Gasteiger partial charge in [-0.1, -0.05) is 65.0 Å². The zero-order chi connectivity index (χ0) is 25.4. The van der Waals surface area contributed by atoms with Crippen molar-refractivity contribution < 1.29 is 18.9 Å². The topological polar surface area (TPSA) is 107 Å². The molecular formula is C25H24ClN5O4S2. The number of hydrogen-bond donors (Lipinski definition) is 1. The highest BCUT2D eigenvalue weighted by molar-refractivity contribution is 7.99. The van der Waals surface area contributed by atoms with Gasteiger partial charge in [-0.25, -0.2) is 9.67 Å². The van der Waals surface area contributed by atoms with Gasteiger partial charge >= 0.3 is 0 Å². The van der Waals surface area contributed by atoms with Crippen LogP contribution in [0, 0.1) is 0 Å². The first-order valence-corrected chi connectivity index (χ1v) is 13.8. The van der Waals surface area contributed by atoms with Gasteiger partial charge in [-0.3, -0.25) is 0 Å². The van der Waals surface area contributed by atoms with Gasteiger partial charge in [-0.2, -0.15) is 0 Å². The molecule has 9 nitrogen and oxygen atoms in total. The number of nitrogen functional groups attached to an aromatic ring is 1. The van der Waals surface area contributed by atoms with E-state index < -0.39 is 18.5 Å². The van der Waals surface area contributed by atoms with Crippen molar-refractivity contribution in [2.24, 2.45) is 0 Å². The Balaban J connectivity index is 1.35. The summed E-state index contributed by atoms with van der Waals surface area (Å²) >= 11 is 9.14. The maximum absolute atomic E-state index is 6.53. The lowest BCUT2D eigenvalue weighted by molar-refractivity contribution is -0.308. The van der Waals surface area contributed by atoms with Gasteiger partial charge in [0.2, 0.25) is 0 Å². The average Bonchev–Trinajstić information content (AvgIpc) is 3.57. The Labute approximate surface area is 226 Å². The Morgan fingerprint density at radius 1 is 1.14 bits per heavy atom. The zero-order valence-electron chi connectivity index (χ0n) is 19.7. The fourth-order valence-electron chi connectivity index (χ4n) is 4.61. The van der Waals surface area contributed by atoms with E-state index in [2.05, 4.69) is 15.3 Å². The smallest absolute Gasteiger partial charge is 0.184 e. The van der Waals surface area contributed by atoms with E-state index in [0.717, 1.165) is 10.5 Å². The molecule has 0 bridgehead atoms. The summed E-state index contributed by atoms with van der Waals surface area (Å²) in [6.07, 6.45) is 0.135. The first-order chi connectivity index (χ1) is 18.1. The van der Waals surface area contributed by atoms with Gasteiger partial charge < -0.3 is 24.7 Å². The molecule has 4 aromatic rings. The second-order valence-electron chi connectivity index (χ2n) is 8.64. The van der Waals surface area contributed by atoms with Gasteiger partial charge in [-0.05, 0) is 18.2 Å². The largest absolute Gasteiger partial charge is 0.375 e. The van der Waals surface area contributed by atoms with Crippen LogP contribution in [-0.2, 0) is 18.9 Å². The number of aromatic nitrogens is 4. The number of nitrogens with zero attached hydrogens (tertiary/aromatic N) is 4. The van der Waals surface area contributed by atoms with Crippen LogP contribution in [0.3, 0.4) is 0 Å². The molecule has 192 valence electrons. The van der Waals surface area contributed by atoms with Gasteiger partial charge in [0.15, 0.2) is 11.4 Å². The number of anilines is 1. The second-order valence-corrected chi connectivity index (χ2v) is 11.1. The Morgan fingerprint density at radius 2 is 2.00 bits per heavy atom. The second kappa shape index (κ2) is 10.7. The Morgan fingerprint density at radius 3 is 2.76 bits per heavy atom. The molecule has 0 spiro atoms. The number of benzene rings is 2. The highest BCUT2D eigenvalue weighted by Gasteiger charge is 2.52. The summed E-state index contributed by atoms with van der Waals surface area (Å²) in [7, 11) is 1.67. The van der Waals surface area contributed by atoms with E-state index >= 15 is 0 Å². The molecule has 6 atom stereocenters. The summed E-state index contributed by atoms with van der Waals surface area (Å²) in [4.78, 5) is 5.31. The number of rotatable bonds is 6. The first-order valence-electron chi connectivity index (χ1n) is 11.6. The molecule has 0 amide bonds. The van der Waals surface area contributed by atoms with E-state index in [1.165, 1.54) is 23.1 Å². The molecule has 0 saturated carbocycles. The van der Waals surface area contributed by atoms with Crippen molar-refractivity contribution in [3.63, 3.8) is 0 Å². The van der Waals surface area contributed by atoms with Gasteiger partial charge in [0, 0.05) is 28.0 Å². The van der Waals surface area contributed by atoms with Crippen LogP contribution in [0.1, 0.15) is 17.9 Å². The van der Waals surface area contributed by atoms with Crippen LogP contribution in [0.2, 0.25) is 5.02 Å². The molecule has 2 aromatic carbocycles. The lowest BCUT2D eigenvalue weighted by Gasteiger charge is -2.48. The van der Waals surface area contributed by atoms with Gasteiger partial charge in [0.1, 0.15) is 41.2 Å². The van der Waals surface area contributed by atoms with E-state index in [-0.39, 0.29) is 17.6 Å². The lowest BCUT2D eigenvalue weighted by atomic mass is 9.95. The summed E-state index contributed by atoms with van der Waals surface area (Å²) < 4.78 is 27.0.